The van der Waals surface area contributed by atoms with Crippen molar-refractivity contribution in [3.05, 3.63) is 59.9 Å². The Bertz CT molecular complexity index is 1050. The van der Waals surface area contributed by atoms with E-state index in [1.165, 1.54) is 5.56 Å². The van der Waals surface area contributed by atoms with Crippen LogP contribution in [0, 0.1) is 0 Å². The molecule has 0 atom stereocenters. The predicted octanol–water partition coefficient (Wildman–Crippen LogP) is 2.51. The molecule has 0 bridgehead atoms. The van der Waals surface area contributed by atoms with Crippen molar-refractivity contribution in [2.75, 3.05) is 18.4 Å². The number of anilines is 1. The summed E-state index contributed by atoms with van der Waals surface area (Å²) in [5, 5.41) is 4.10. The van der Waals surface area contributed by atoms with E-state index in [9.17, 15) is 8.42 Å². The van der Waals surface area contributed by atoms with E-state index in [0.717, 1.165) is 36.3 Å². The highest BCUT2D eigenvalue weighted by atomic mass is 32.2. The number of hydrogen-bond acceptors (Lipinski definition) is 5. The Morgan fingerprint density at radius 1 is 1.12 bits per heavy atom. The molecule has 3 aromatic rings. The molecule has 0 aliphatic carbocycles. The van der Waals surface area contributed by atoms with E-state index in [1.54, 1.807) is 24.4 Å². The molecule has 4 rings (SSSR count). The molecule has 134 valence electrons. The average Bonchev–Trinajstić information content (AvgIpc) is 2.67. The van der Waals surface area contributed by atoms with Gasteiger partial charge in [0, 0.05) is 36.8 Å². The molecule has 1 aliphatic rings. The second kappa shape index (κ2) is 7.01. The summed E-state index contributed by atoms with van der Waals surface area (Å²) in [5.41, 5.74) is 2.58. The number of aromatic nitrogens is 2. The van der Waals surface area contributed by atoms with Gasteiger partial charge in [0.2, 0.25) is 10.0 Å². The second-order valence-electron chi connectivity index (χ2n) is 6.32. The minimum atomic E-state index is -3.63. The maximum Gasteiger partial charge on any atom is 0.242 e. The molecule has 1 aliphatic heterocycles. The Morgan fingerprint density at radius 3 is 2.92 bits per heavy atom. The number of sulfonamides is 1. The number of fused-ring (bicyclic) bond motifs is 2. The summed E-state index contributed by atoms with van der Waals surface area (Å²) in [6.45, 7) is 1.22. The van der Waals surface area contributed by atoms with Crippen LogP contribution < -0.4 is 10.0 Å². The fourth-order valence-corrected chi connectivity index (χ4v) is 4.40. The van der Waals surface area contributed by atoms with Crippen LogP contribution in [0.1, 0.15) is 17.7 Å². The number of nitrogens with zero attached hydrogens (tertiary/aromatic N) is 2. The summed E-state index contributed by atoms with van der Waals surface area (Å²) in [4.78, 5) is 9.02. The van der Waals surface area contributed by atoms with Gasteiger partial charge >= 0.3 is 0 Å². The number of para-hydroxylation sites is 1. The van der Waals surface area contributed by atoms with Gasteiger partial charge in [-0.05, 0) is 36.6 Å². The zero-order chi connectivity index (χ0) is 18.0. The van der Waals surface area contributed by atoms with Crippen LogP contribution in [0.4, 0.5) is 5.82 Å². The van der Waals surface area contributed by atoms with E-state index >= 15 is 0 Å². The first-order chi connectivity index (χ1) is 12.6. The Morgan fingerprint density at radius 2 is 2.00 bits per heavy atom. The van der Waals surface area contributed by atoms with Crippen LogP contribution in [-0.2, 0) is 22.9 Å². The van der Waals surface area contributed by atoms with Crippen molar-refractivity contribution in [1.82, 2.24) is 14.7 Å². The molecular weight excluding hydrogens is 348 g/mol. The third-order valence-corrected chi connectivity index (χ3v) is 6.00. The number of hydrogen-bond donors (Lipinski definition) is 2. The summed E-state index contributed by atoms with van der Waals surface area (Å²) < 4.78 is 28.0. The molecule has 6 nitrogen and oxygen atoms in total. The average molecular weight is 368 g/mol. The highest BCUT2D eigenvalue weighted by Gasteiger charge is 2.18. The molecule has 3 heterocycles. The lowest BCUT2D eigenvalue weighted by Gasteiger charge is -2.17. The van der Waals surface area contributed by atoms with Gasteiger partial charge in [0.25, 0.3) is 0 Å². The topological polar surface area (TPSA) is 84.0 Å². The predicted molar refractivity (Wildman–Crippen MR) is 102 cm³/mol. The molecule has 0 radical (unpaired) electrons. The number of pyridine rings is 2. The zero-order valence-electron chi connectivity index (χ0n) is 14.3. The van der Waals surface area contributed by atoms with E-state index < -0.39 is 10.0 Å². The molecule has 7 heteroatoms. The van der Waals surface area contributed by atoms with Gasteiger partial charge in [-0.1, -0.05) is 24.3 Å². The monoisotopic (exact) mass is 368 g/mol. The summed E-state index contributed by atoms with van der Waals surface area (Å²) in [5.74, 6) is 0.926. The largest absolute Gasteiger partial charge is 0.370 e. The third-order valence-electron chi connectivity index (χ3n) is 4.51. The molecule has 0 fully saturated rings. The zero-order valence-corrected chi connectivity index (χ0v) is 15.1. The molecular formula is C19H20N4O2S. The molecule has 0 saturated heterocycles. The first kappa shape index (κ1) is 16.9. The maximum absolute atomic E-state index is 12.7. The fourth-order valence-electron chi connectivity index (χ4n) is 3.19. The van der Waals surface area contributed by atoms with Crippen LogP contribution in [0.15, 0.2) is 53.6 Å². The van der Waals surface area contributed by atoms with Crippen LogP contribution in [0.3, 0.4) is 0 Å². The SMILES string of the molecule is O=S(=O)(NCCc1ccc2c(n1)NCCC2)c1cccc2cccnc12. The van der Waals surface area contributed by atoms with Crippen molar-refractivity contribution >= 4 is 26.7 Å². The van der Waals surface area contributed by atoms with Crippen LogP contribution >= 0.6 is 0 Å². The Kier molecular flexibility index (Phi) is 4.57. The fraction of sp³-hybridized carbons (Fsp3) is 0.263. The number of aryl methyl sites for hydroxylation is 1. The van der Waals surface area contributed by atoms with Crippen molar-refractivity contribution in [2.45, 2.75) is 24.2 Å². The van der Waals surface area contributed by atoms with E-state index in [4.69, 9.17) is 0 Å². The van der Waals surface area contributed by atoms with Crippen LogP contribution in [0.25, 0.3) is 10.9 Å². The van der Waals surface area contributed by atoms with Crippen molar-refractivity contribution in [3.63, 3.8) is 0 Å². The highest BCUT2D eigenvalue weighted by Crippen LogP contribution is 2.21. The second-order valence-corrected chi connectivity index (χ2v) is 8.06. The molecule has 0 spiro atoms. The van der Waals surface area contributed by atoms with Crippen LogP contribution in [0.5, 0.6) is 0 Å². The first-order valence-corrected chi connectivity index (χ1v) is 10.2. The molecule has 0 saturated carbocycles. The number of benzene rings is 1. The van der Waals surface area contributed by atoms with Gasteiger partial charge in [0.1, 0.15) is 10.7 Å². The Hall–Kier alpha value is -2.51. The summed E-state index contributed by atoms with van der Waals surface area (Å²) in [6, 6.07) is 12.9. The molecule has 2 N–H and O–H groups in total. The quantitative estimate of drug-likeness (QED) is 0.723. The smallest absolute Gasteiger partial charge is 0.242 e. The van der Waals surface area contributed by atoms with Gasteiger partial charge in [-0.3, -0.25) is 4.98 Å². The molecule has 0 amide bonds. The van der Waals surface area contributed by atoms with Crippen molar-refractivity contribution in [2.24, 2.45) is 0 Å². The third kappa shape index (κ3) is 3.40. The molecule has 0 unspecified atom stereocenters. The van der Waals surface area contributed by atoms with E-state index in [-0.39, 0.29) is 11.4 Å². The van der Waals surface area contributed by atoms with Crippen molar-refractivity contribution in [1.29, 1.82) is 0 Å². The van der Waals surface area contributed by atoms with Gasteiger partial charge in [0.15, 0.2) is 0 Å². The van der Waals surface area contributed by atoms with E-state index in [1.807, 2.05) is 18.2 Å². The van der Waals surface area contributed by atoms with Gasteiger partial charge in [-0.25, -0.2) is 18.1 Å². The van der Waals surface area contributed by atoms with Crippen LogP contribution in [0.2, 0.25) is 0 Å². The molecule has 1 aromatic carbocycles. The summed E-state index contributed by atoms with van der Waals surface area (Å²) >= 11 is 0. The first-order valence-electron chi connectivity index (χ1n) is 8.69. The lowest BCUT2D eigenvalue weighted by atomic mass is 10.1. The standard InChI is InChI=1S/C19H20N4O2S/c24-26(25,17-7-1-4-14-5-2-11-20-18(14)17)22-13-10-16-9-8-15-6-3-12-21-19(15)23-16/h1-2,4-5,7-9,11,22H,3,6,10,12-13H2,(H,21,23). The normalized spacial score (nSPS) is 14.0. The Labute approximate surface area is 152 Å². The molecule has 2 aromatic heterocycles. The van der Waals surface area contributed by atoms with Gasteiger partial charge < -0.3 is 5.32 Å². The summed E-state index contributed by atoms with van der Waals surface area (Å²) in [7, 11) is -3.63. The number of rotatable bonds is 5. The minimum Gasteiger partial charge on any atom is -0.370 e. The van der Waals surface area contributed by atoms with Gasteiger partial charge in [0.05, 0.1) is 5.52 Å². The minimum absolute atomic E-state index is 0.204. The lowest BCUT2D eigenvalue weighted by molar-refractivity contribution is 0.582. The van der Waals surface area contributed by atoms with Gasteiger partial charge in [-0.2, -0.15) is 0 Å². The summed E-state index contributed by atoms with van der Waals surface area (Å²) in [6.07, 6.45) is 4.29. The van der Waals surface area contributed by atoms with Crippen molar-refractivity contribution in [3.8, 4) is 0 Å². The van der Waals surface area contributed by atoms with Crippen molar-refractivity contribution < 1.29 is 8.42 Å². The van der Waals surface area contributed by atoms with E-state index in [0.29, 0.717) is 11.9 Å². The number of nitrogens with one attached hydrogen (secondary N) is 2. The Balaban J connectivity index is 1.48. The molecule has 26 heavy (non-hydrogen) atoms. The van der Waals surface area contributed by atoms with Gasteiger partial charge in [-0.15, -0.1) is 0 Å². The lowest BCUT2D eigenvalue weighted by Crippen LogP contribution is -2.26. The van der Waals surface area contributed by atoms with E-state index in [2.05, 4.69) is 26.1 Å². The maximum atomic E-state index is 12.7. The highest BCUT2D eigenvalue weighted by molar-refractivity contribution is 7.89. The van der Waals surface area contributed by atoms with Crippen LogP contribution in [-0.4, -0.2) is 31.5 Å².